The minimum absolute atomic E-state index is 0.450. The lowest BCUT2D eigenvalue weighted by molar-refractivity contribution is 0.108. The minimum Gasteiger partial charge on any atom is -0.493 e. The molecule has 0 aromatic heterocycles. The molecule has 0 heterocycles. The van der Waals surface area contributed by atoms with Gasteiger partial charge in [0.05, 0.1) is 14.2 Å². The molecule has 2 rings (SSSR count). The second kappa shape index (κ2) is 6.99. The maximum Gasteiger partial charge on any atom is 0.252 e. The van der Waals surface area contributed by atoms with Gasteiger partial charge in [-0.1, -0.05) is 12.1 Å². The second-order valence-electron chi connectivity index (χ2n) is 4.39. The Balaban J connectivity index is 2.04. The van der Waals surface area contributed by atoms with E-state index < -0.39 is 5.24 Å². The van der Waals surface area contributed by atoms with E-state index in [4.69, 9.17) is 21.1 Å². The number of rotatable bonds is 6. The third kappa shape index (κ3) is 3.89. The van der Waals surface area contributed by atoms with E-state index in [-0.39, 0.29) is 0 Å². The first-order valence-corrected chi connectivity index (χ1v) is 6.76. The van der Waals surface area contributed by atoms with Gasteiger partial charge < -0.3 is 14.8 Å². The number of hydrogen-bond donors (Lipinski definition) is 1. The fourth-order valence-corrected chi connectivity index (χ4v) is 2.03. The lowest BCUT2D eigenvalue weighted by Crippen LogP contribution is -2.01. The number of carbonyl (C=O) groups excluding carboxylic acids is 1. The van der Waals surface area contributed by atoms with Gasteiger partial charge in [0.25, 0.3) is 5.24 Å². The molecule has 2 aromatic rings. The standard InChI is InChI=1S/C16H16ClNO3/c1-20-14-8-7-13(9-15(14)21-2)18-10-11-3-5-12(6-4-11)16(17)19/h3-9,18H,10H2,1-2H3. The summed E-state index contributed by atoms with van der Waals surface area (Å²) >= 11 is 5.41. The topological polar surface area (TPSA) is 47.6 Å². The number of benzene rings is 2. The largest absolute Gasteiger partial charge is 0.493 e. The van der Waals surface area contributed by atoms with Crippen molar-refractivity contribution in [2.24, 2.45) is 0 Å². The summed E-state index contributed by atoms with van der Waals surface area (Å²) in [6.07, 6.45) is 0. The average molecular weight is 306 g/mol. The van der Waals surface area contributed by atoms with Gasteiger partial charge in [0.2, 0.25) is 0 Å². The zero-order valence-corrected chi connectivity index (χ0v) is 12.6. The normalized spacial score (nSPS) is 10.0. The van der Waals surface area contributed by atoms with Crippen LogP contribution in [0.3, 0.4) is 0 Å². The molecule has 0 bridgehead atoms. The van der Waals surface area contributed by atoms with E-state index in [0.717, 1.165) is 11.3 Å². The fourth-order valence-electron chi connectivity index (χ4n) is 1.90. The van der Waals surface area contributed by atoms with Crippen molar-refractivity contribution in [1.82, 2.24) is 0 Å². The van der Waals surface area contributed by atoms with Crippen molar-refractivity contribution in [3.05, 3.63) is 53.6 Å². The molecule has 2 aromatic carbocycles. The zero-order valence-electron chi connectivity index (χ0n) is 11.9. The second-order valence-corrected chi connectivity index (χ2v) is 4.74. The highest BCUT2D eigenvalue weighted by atomic mass is 35.5. The smallest absolute Gasteiger partial charge is 0.252 e. The van der Waals surface area contributed by atoms with Crippen LogP contribution in [-0.4, -0.2) is 19.5 Å². The van der Waals surface area contributed by atoms with Crippen LogP contribution in [0.15, 0.2) is 42.5 Å². The molecule has 0 spiro atoms. The predicted octanol–water partition coefficient (Wildman–Crippen LogP) is 3.69. The number of carbonyl (C=O) groups is 1. The molecule has 0 radical (unpaired) electrons. The quantitative estimate of drug-likeness (QED) is 0.827. The van der Waals surface area contributed by atoms with Gasteiger partial charge in [-0.2, -0.15) is 0 Å². The van der Waals surface area contributed by atoms with Crippen LogP contribution < -0.4 is 14.8 Å². The molecular weight excluding hydrogens is 290 g/mol. The highest BCUT2D eigenvalue weighted by Gasteiger charge is 2.05. The Hall–Kier alpha value is -2.20. The van der Waals surface area contributed by atoms with Gasteiger partial charge >= 0.3 is 0 Å². The van der Waals surface area contributed by atoms with Crippen molar-refractivity contribution >= 4 is 22.5 Å². The molecule has 110 valence electrons. The van der Waals surface area contributed by atoms with Crippen LogP contribution in [0.4, 0.5) is 5.69 Å². The van der Waals surface area contributed by atoms with Gasteiger partial charge in [-0.25, -0.2) is 0 Å². The first kappa shape index (κ1) is 15.2. The van der Waals surface area contributed by atoms with Gasteiger partial charge in [0.1, 0.15) is 0 Å². The summed E-state index contributed by atoms with van der Waals surface area (Å²) in [4.78, 5) is 11.0. The van der Waals surface area contributed by atoms with Gasteiger partial charge in [-0.15, -0.1) is 0 Å². The molecular formula is C16H16ClNO3. The average Bonchev–Trinajstić information content (AvgIpc) is 2.52. The van der Waals surface area contributed by atoms with Crippen LogP contribution in [0.1, 0.15) is 15.9 Å². The Kier molecular flexibility index (Phi) is 5.06. The number of halogens is 1. The van der Waals surface area contributed by atoms with E-state index in [1.165, 1.54) is 0 Å². The molecule has 0 unspecified atom stereocenters. The van der Waals surface area contributed by atoms with Crippen molar-refractivity contribution in [2.45, 2.75) is 6.54 Å². The van der Waals surface area contributed by atoms with Crippen molar-refractivity contribution in [2.75, 3.05) is 19.5 Å². The summed E-state index contributed by atoms with van der Waals surface area (Å²) < 4.78 is 10.4. The Labute approximate surface area is 128 Å². The molecule has 0 amide bonds. The maximum absolute atomic E-state index is 11.0. The van der Waals surface area contributed by atoms with Crippen LogP contribution in [-0.2, 0) is 6.54 Å². The van der Waals surface area contributed by atoms with Gasteiger partial charge in [0.15, 0.2) is 11.5 Å². The summed E-state index contributed by atoms with van der Waals surface area (Å²) in [5.41, 5.74) is 2.46. The predicted molar refractivity (Wildman–Crippen MR) is 83.5 cm³/mol. The van der Waals surface area contributed by atoms with Crippen molar-refractivity contribution < 1.29 is 14.3 Å². The molecule has 1 N–H and O–H groups in total. The van der Waals surface area contributed by atoms with E-state index >= 15 is 0 Å². The lowest BCUT2D eigenvalue weighted by atomic mass is 10.1. The van der Waals surface area contributed by atoms with Crippen LogP contribution in [0.2, 0.25) is 0 Å². The lowest BCUT2D eigenvalue weighted by Gasteiger charge is -2.11. The SMILES string of the molecule is COc1ccc(NCc2ccc(C(=O)Cl)cc2)cc1OC. The van der Waals surface area contributed by atoms with E-state index in [1.807, 2.05) is 30.3 Å². The minimum atomic E-state index is -0.450. The van der Waals surface area contributed by atoms with Crippen molar-refractivity contribution in [1.29, 1.82) is 0 Å². The summed E-state index contributed by atoms with van der Waals surface area (Å²) in [6, 6.07) is 12.8. The number of anilines is 1. The molecule has 5 heteroatoms. The third-order valence-corrected chi connectivity index (χ3v) is 3.28. The van der Waals surface area contributed by atoms with Crippen LogP contribution in [0, 0.1) is 0 Å². The van der Waals surface area contributed by atoms with E-state index in [9.17, 15) is 4.79 Å². The number of nitrogens with one attached hydrogen (secondary N) is 1. The van der Waals surface area contributed by atoms with Gasteiger partial charge in [-0.3, -0.25) is 4.79 Å². The molecule has 0 saturated heterocycles. The number of methoxy groups -OCH3 is 2. The Morgan fingerprint density at radius 1 is 1.05 bits per heavy atom. The molecule has 0 aliphatic heterocycles. The fraction of sp³-hybridized carbons (Fsp3) is 0.188. The van der Waals surface area contributed by atoms with Crippen LogP contribution in [0.5, 0.6) is 11.5 Å². The van der Waals surface area contributed by atoms with Crippen molar-refractivity contribution in [3.8, 4) is 11.5 Å². The highest BCUT2D eigenvalue weighted by molar-refractivity contribution is 6.67. The van der Waals surface area contributed by atoms with Crippen molar-refractivity contribution in [3.63, 3.8) is 0 Å². The summed E-state index contributed by atoms with van der Waals surface area (Å²) in [7, 11) is 3.20. The first-order chi connectivity index (χ1) is 10.1. The number of hydrogen-bond acceptors (Lipinski definition) is 4. The first-order valence-electron chi connectivity index (χ1n) is 6.38. The third-order valence-electron chi connectivity index (χ3n) is 3.06. The van der Waals surface area contributed by atoms with Crippen LogP contribution >= 0.6 is 11.6 Å². The molecule has 0 saturated carbocycles. The number of ether oxygens (including phenoxy) is 2. The molecule has 21 heavy (non-hydrogen) atoms. The Morgan fingerprint density at radius 2 is 1.71 bits per heavy atom. The van der Waals surface area contributed by atoms with Gasteiger partial charge in [0, 0.05) is 23.9 Å². The molecule has 0 atom stereocenters. The molecule has 0 aliphatic rings. The van der Waals surface area contributed by atoms with E-state index in [0.29, 0.717) is 23.6 Å². The monoisotopic (exact) mass is 305 g/mol. The Morgan fingerprint density at radius 3 is 2.29 bits per heavy atom. The van der Waals surface area contributed by atoms with E-state index in [2.05, 4.69) is 5.32 Å². The van der Waals surface area contributed by atoms with E-state index in [1.54, 1.807) is 26.4 Å². The van der Waals surface area contributed by atoms with Gasteiger partial charge in [-0.05, 0) is 41.4 Å². The molecule has 0 aliphatic carbocycles. The molecule has 0 fully saturated rings. The Bertz CT molecular complexity index is 626. The zero-order chi connectivity index (χ0) is 15.2. The highest BCUT2D eigenvalue weighted by Crippen LogP contribution is 2.29. The summed E-state index contributed by atoms with van der Waals surface area (Å²) in [5, 5.41) is 2.83. The maximum atomic E-state index is 11.0. The summed E-state index contributed by atoms with van der Waals surface area (Å²) in [5.74, 6) is 1.36. The summed E-state index contributed by atoms with van der Waals surface area (Å²) in [6.45, 7) is 0.631. The molecule has 4 nitrogen and oxygen atoms in total. The van der Waals surface area contributed by atoms with Crippen LogP contribution in [0.25, 0.3) is 0 Å².